The first-order valence-corrected chi connectivity index (χ1v) is 14.0. The Morgan fingerprint density at radius 1 is 1.32 bits per heavy atom. The van der Waals surface area contributed by atoms with E-state index in [1.807, 2.05) is 13.8 Å². The number of thioether (sulfide) groups is 1. The lowest BCUT2D eigenvalue weighted by Crippen LogP contribution is -2.49. The molecule has 3 N–H and O–H groups in total. The molecule has 7 nitrogen and oxygen atoms in total. The van der Waals surface area contributed by atoms with Gasteiger partial charge >= 0.3 is 5.76 Å². The van der Waals surface area contributed by atoms with Gasteiger partial charge in [-0.25, -0.2) is 23.0 Å². The highest BCUT2D eigenvalue weighted by Gasteiger charge is 2.36. The molecule has 1 aliphatic heterocycles. The molecule has 0 amide bonds. The molecule has 2 unspecified atom stereocenters. The van der Waals surface area contributed by atoms with Crippen LogP contribution in [0.4, 0.5) is 29.2 Å². The number of rotatable bonds is 10. The van der Waals surface area contributed by atoms with Gasteiger partial charge in [-0.3, -0.25) is 0 Å². The molecule has 3 rings (SSSR count). The predicted molar refractivity (Wildman–Crippen MR) is 148 cm³/mol. The lowest BCUT2D eigenvalue weighted by molar-refractivity contribution is -0.0244. The van der Waals surface area contributed by atoms with Crippen molar-refractivity contribution >= 4 is 50.9 Å². The summed E-state index contributed by atoms with van der Waals surface area (Å²) in [5.41, 5.74) is 0.605. The Bertz CT molecular complexity index is 1170. The molecule has 1 fully saturated rings. The van der Waals surface area contributed by atoms with E-state index in [9.17, 15) is 21.8 Å². The zero-order chi connectivity index (χ0) is 28.5. The zero-order valence-electron chi connectivity index (χ0n) is 21.3. The summed E-state index contributed by atoms with van der Waals surface area (Å²) >= 11 is 7.53. The summed E-state index contributed by atoms with van der Waals surface area (Å²) in [6.07, 6.45) is 1.16. The lowest BCUT2D eigenvalue weighted by Gasteiger charge is -2.30. The van der Waals surface area contributed by atoms with E-state index in [1.165, 1.54) is 36.2 Å². The van der Waals surface area contributed by atoms with E-state index in [0.717, 1.165) is 4.91 Å². The van der Waals surface area contributed by atoms with Gasteiger partial charge in [0, 0.05) is 30.9 Å². The van der Waals surface area contributed by atoms with Crippen LogP contribution in [0.2, 0.25) is 5.02 Å². The van der Waals surface area contributed by atoms with Crippen LogP contribution in [0.1, 0.15) is 39.8 Å². The third-order valence-electron chi connectivity index (χ3n) is 4.71. The van der Waals surface area contributed by atoms with Gasteiger partial charge < -0.3 is 20.1 Å². The largest absolute Gasteiger partial charge is 0.459 e. The number of ether oxygens (including phenoxy) is 1. The summed E-state index contributed by atoms with van der Waals surface area (Å²) in [5.74, 6) is -5.06. The van der Waals surface area contributed by atoms with Gasteiger partial charge in [0.15, 0.2) is 11.0 Å². The number of halogens is 5. The van der Waals surface area contributed by atoms with Crippen LogP contribution in [-0.4, -0.2) is 45.0 Å². The van der Waals surface area contributed by atoms with Crippen LogP contribution in [0.25, 0.3) is 4.91 Å². The molecule has 0 spiro atoms. The number of alkyl halides is 4. The van der Waals surface area contributed by atoms with Crippen molar-refractivity contribution in [2.75, 3.05) is 23.1 Å². The van der Waals surface area contributed by atoms with Gasteiger partial charge in [-0.15, -0.1) is 0 Å². The third kappa shape index (κ3) is 9.75. The molecular formula is C24H30ClF4N5O2S2. The molecule has 2 atom stereocenters. The minimum atomic E-state index is -3.05. The van der Waals surface area contributed by atoms with Crippen molar-refractivity contribution in [3.8, 4) is 5.75 Å². The van der Waals surface area contributed by atoms with E-state index in [4.69, 9.17) is 16.3 Å². The topological polar surface area (TPSA) is 88.2 Å². The summed E-state index contributed by atoms with van der Waals surface area (Å²) in [6.45, 7) is 11.4. The molecule has 2 aromatic rings. The molecule has 210 valence electrons. The fraction of sp³-hybridized carbons (Fsp3) is 0.417. The fourth-order valence-electron chi connectivity index (χ4n) is 3.27. The van der Waals surface area contributed by atoms with Crippen molar-refractivity contribution in [2.24, 2.45) is 0 Å². The molecule has 2 heterocycles. The summed E-state index contributed by atoms with van der Waals surface area (Å²) in [7, 11) is -2.57. The van der Waals surface area contributed by atoms with E-state index in [1.54, 1.807) is 19.9 Å². The smallest absolute Gasteiger partial charge is 0.330 e. The number of allylic oxidation sites excluding steroid dienone is 2. The van der Waals surface area contributed by atoms with Crippen LogP contribution in [0.15, 0.2) is 47.7 Å². The van der Waals surface area contributed by atoms with Crippen LogP contribution in [0.5, 0.6) is 5.75 Å². The van der Waals surface area contributed by atoms with E-state index in [0.29, 0.717) is 22.9 Å². The molecule has 1 aromatic heterocycles. The van der Waals surface area contributed by atoms with Gasteiger partial charge in [-0.1, -0.05) is 43.8 Å². The summed E-state index contributed by atoms with van der Waals surface area (Å²) in [6, 6.07) is 5.26. The van der Waals surface area contributed by atoms with Crippen molar-refractivity contribution in [3.05, 3.63) is 58.4 Å². The van der Waals surface area contributed by atoms with Crippen LogP contribution >= 0.6 is 23.4 Å². The Morgan fingerprint density at radius 2 is 2.03 bits per heavy atom. The molecule has 0 aliphatic carbocycles. The Hall–Kier alpha value is -2.35. The molecular weight excluding hydrogens is 566 g/mol. The minimum absolute atomic E-state index is 0.0982. The Labute approximate surface area is 231 Å². The van der Waals surface area contributed by atoms with Crippen molar-refractivity contribution in [2.45, 2.75) is 51.8 Å². The van der Waals surface area contributed by atoms with E-state index >= 15 is 0 Å². The van der Waals surface area contributed by atoms with Crippen molar-refractivity contribution in [1.29, 1.82) is 0 Å². The highest BCUT2D eigenvalue weighted by atomic mass is 35.5. The quantitative estimate of drug-likeness (QED) is 0.203. The monoisotopic (exact) mass is 595 g/mol. The molecule has 0 radical (unpaired) electrons. The first-order chi connectivity index (χ1) is 17.9. The molecule has 1 saturated heterocycles. The molecule has 1 aromatic carbocycles. The maximum absolute atomic E-state index is 13.7. The minimum Gasteiger partial charge on any atom is -0.459 e. The number of hydrogen-bond donors (Lipinski definition) is 3. The number of aromatic nitrogens is 2. The number of anilines is 2. The van der Waals surface area contributed by atoms with E-state index in [-0.39, 0.29) is 35.4 Å². The van der Waals surface area contributed by atoms with Crippen molar-refractivity contribution < 1.29 is 26.5 Å². The van der Waals surface area contributed by atoms with Crippen LogP contribution in [0, 0.1) is 0 Å². The van der Waals surface area contributed by atoms with E-state index in [2.05, 4.69) is 31.9 Å². The maximum atomic E-state index is 13.7. The van der Waals surface area contributed by atoms with E-state index < -0.39 is 28.7 Å². The second-order valence-corrected chi connectivity index (χ2v) is 10.8. The SMILES string of the molecule is C=C(C)S/C(=C(\C)Oc1ccc(NS(=O)C(F)F)cc1Cl)c1ccnc(NC2CNCC(F)(F)C2)n1.CC. The van der Waals surface area contributed by atoms with Crippen molar-refractivity contribution in [3.63, 3.8) is 0 Å². The van der Waals surface area contributed by atoms with Gasteiger partial charge in [0.2, 0.25) is 5.95 Å². The molecule has 0 saturated carbocycles. The maximum Gasteiger partial charge on any atom is 0.330 e. The average Bonchev–Trinajstić information content (AvgIpc) is 2.84. The fourth-order valence-corrected chi connectivity index (χ4v) is 4.69. The number of nitrogens with zero attached hydrogens (tertiary/aromatic N) is 2. The Kier molecular flexibility index (Phi) is 12.3. The second-order valence-electron chi connectivity index (χ2n) is 7.89. The molecule has 0 bridgehead atoms. The third-order valence-corrected chi connectivity index (χ3v) is 6.82. The first-order valence-electron chi connectivity index (χ1n) is 11.6. The normalized spacial score (nSPS) is 18.0. The van der Waals surface area contributed by atoms with Crippen molar-refractivity contribution in [1.82, 2.24) is 15.3 Å². The highest BCUT2D eigenvalue weighted by Crippen LogP contribution is 2.37. The lowest BCUT2D eigenvalue weighted by atomic mass is 10.0. The standard InChI is InChI=1S/C22H24ClF4N5O2S2.C2H6/c1-12(2)35-19(13(3)34-18-5-4-14(8-16(18)23)32-36(33)20(24)25)17-6-7-29-21(31-17)30-15-9-22(26,27)11-28-10-15;1-2/h4-8,15,20,28,32H,1,9-11H2,2-3H3,(H,29,30,31);1-2H3/b19-13+;. The number of piperidine rings is 1. The van der Waals surface area contributed by atoms with Gasteiger partial charge in [-0.2, -0.15) is 8.78 Å². The summed E-state index contributed by atoms with van der Waals surface area (Å²) < 4.78 is 71.9. The van der Waals surface area contributed by atoms with Gasteiger partial charge in [-0.05, 0) is 43.0 Å². The number of benzene rings is 1. The zero-order valence-corrected chi connectivity index (χ0v) is 23.7. The Balaban J connectivity index is 0.00000247. The highest BCUT2D eigenvalue weighted by molar-refractivity contribution is 8.11. The summed E-state index contributed by atoms with van der Waals surface area (Å²) in [5, 5.41) is 5.74. The molecule has 14 heteroatoms. The summed E-state index contributed by atoms with van der Waals surface area (Å²) in [4.78, 5) is 9.94. The predicted octanol–water partition coefficient (Wildman–Crippen LogP) is 6.90. The first kappa shape index (κ1) is 31.9. The van der Waals surface area contributed by atoms with Gasteiger partial charge in [0.25, 0.3) is 5.92 Å². The Morgan fingerprint density at radius 3 is 2.63 bits per heavy atom. The molecule has 38 heavy (non-hydrogen) atoms. The van der Waals surface area contributed by atoms with Crippen LogP contribution in [-0.2, 0) is 11.0 Å². The average molecular weight is 596 g/mol. The van der Waals surface area contributed by atoms with Crippen LogP contribution < -0.4 is 20.1 Å². The number of hydrogen-bond acceptors (Lipinski definition) is 7. The second kappa shape index (κ2) is 14.7. The van der Waals surface area contributed by atoms with Gasteiger partial charge in [0.1, 0.15) is 11.5 Å². The molecule has 1 aliphatic rings. The van der Waals surface area contributed by atoms with Crippen LogP contribution in [0.3, 0.4) is 0 Å². The number of nitrogens with one attached hydrogen (secondary N) is 3. The van der Waals surface area contributed by atoms with Gasteiger partial charge in [0.05, 0.1) is 22.2 Å².